The van der Waals surface area contributed by atoms with E-state index in [-0.39, 0.29) is 11.5 Å². The molecule has 178 valence electrons. The topological polar surface area (TPSA) is 91.9 Å². The smallest absolute Gasteiger partial charge is 0.357 e. The van der Waals surface area contributed by atoms with Crippen LogP contribution in [0.5, 0.6) is 0 Å². The van der Waals surface area contributed by atoms with E-state index in [0.717, 1.165) is 32.7 Å². The highest BCUT2D eigenvalue weighted by molar-refractivity contribution is 9.10. The van der Waals surface area contributed by atoms with Crippen LogP contribution in [-0.4, -0.2) is 43.1 Å². The number of aromatic nitrogens is 5. The Bertz CT molecular complexity index is 1440. The monoisotopic (exact) mass is 533 g/mol. The molecule has 0 fully saturated rings. The Hall–Kier alpha value is -3.85. The largest absolute Gasteiger partial charge is 0.453 e. The summed E-state index contributed by atoms with van der Waals surface area (Å²) in [6.07, 6.45) is 1.62. The minimum atomic E-state index is -0.699. The fourth-order valence-corrected chi connectivity index (χ4v) is 4.11. The van der Waals surface area contributed by atoms with Crippen molar-refractivity contribution in [1.82, 2.24) is 24.8 Å². The van der Waals surface area contributed by atoms with Gasteiger partial charge in [-0.2, -0.15) is 4.68 Å². The molecule has 8 nitrogen and oxygen atoms in total. The number of tetrazole rings is 1. The SMILES string of the molecule is Cc1cc(-n2c(C)cc(C(=O)COC(=O)/C(=C/c3ccccc3)n3nnnc3C)c2C)ccc1Br. The molecule has 0 saturated heterocycles. The molecule has 0 aliphatic rings. The van der Waals surface area contributed by atoms with Crippen molar-refractivity contribution in [2.45, 2.75) is 27.7 Å². The number of rotatable bonds is 7. The lowest BCUT2D eigenvalue weighted by molar-refractivity contribution is -0.136. The van der Waals surface area contributed by atoms with Crippen molar-refractivity contribution < 1.29 is 14.3 Å². The summed E-state index contributed by atoms with van der Waals surface area (Å²) in [4.78, 5) is 26.1. The normalized spacial score (nSPS) is 11.5. The number of carbonyl (C=O) groups is 2. The maximum Gasteiger partial charge on any atom is 0.357 e. The van der Waals surface area contributed by atoms with Gasteiger partial charge in [0.25, 0.3) is 0 Å². The Morgan fingerprint density at radius 3 is 2.43 bits per heavy atom. The molecule has 0 bridgehead atoms. The van der Waals surface area contributed by atoms with Crippen LogP contribution in [0.1, 0.15) is 38.7 Å². The van der Waals surface area contributed by atoms with E-state index in [9.17, 15) is 9.59 Å². The van der Waals surface area contributed by atoms with Crippen LogP contribution in [0.2, 0.25) is 0 Å². The molecular weight excluding hydrogens is 510 g/mol. The van der Waals surface area contributed by atoms with E-state index in [1.807, 2.05) is 79.9 Å². The first-order valence-electron chi connectivity index (χ1n) is 10.9. The molecule has 2 aromatic carbocycles. The minimum Gasteiger partial charge on any atom is -0.453 e. The summed E-state index contributed by atoms with van der Waals surface area (Å²) >= 11 is 3.52. The van der Waals surface area contributed by atoms with Gasteiger partial charge in [-0.3, -0.25) is 4.79 Å². The molecular formula is C26H24BrN5O3. The van der Waals surface area contributed by atoms with E-state index in [4.69, 9.17) is 4.74 Å². The third kappa shape index (κ3) is 5.14. The summed E-state index contributed by atoms with van der Waals surface area (Å²) in [5, 5.41) is 11.4. The fraction of sp³-hybridized carbons (Fsp3) is 0.192. The number of Topliss-reactive ketones (excluding diaryl/α,β-unsaturated/α-hetero) is 1. The quantitative estimate of drug-likeness (QED) is 0.191. The molecule has 4 aromatic rings. The molecule has 0 saturated carbocycles. The number of ketones is 1. The first-order chi connectivity index (χ1) is 16.8. The van der Waals surface area contributed by atoms with Crippen molar-refractivity contribution in [2.75, 3.05) is 6.61 Å². The highest BCUT2D eigenvalue weighted by atomic mass is 79.9. The molecule has 4 rings (SSSR count). The van der Waals surface area contributed by atoms with E-state index in [1.165, 1.54) is 4.68 Å². The Labute approximate surface area is 211 Å². The Morgan fingerprint density at radius 1 is 1.03 bits per heavy atom. The lowest BCUT2D eigenvalue weighted by Gasteiger charge is -2.12. The lowest BCUT2D eigenvalue weighted by atomic mass is 10.1. The lowest BCUT2D eigenvalue weighted by Crippen LogP contribution is -2.19. The molecule has 0 N–H and O–H groups in total. The van der Waals surface area contributed by atoms with Crippen LogP contribution in [0.25, 0.3) is 17.5 Å². The maximum absolute atomic E-state index is 13.1. The summed E-state index contributed by atoms with van der Waals surface area (Å²) in [5.74, 6) is -0.572. The molecule has 0 aliphatic heterocycles. The van der Waals surface area contributed by atoms with E-state index in [0.29, 0.717) is 11.4 Å². The van der Waals surface area contributed by atoms with Gasteiger partial charge in [-0.05, 0) is 79.6 Å². The second kappa shape index (κ2) is 10.2. The third-order valence-corrected chi connectivity index (χ3v) is 6.52. The average Bonchev–Trinajstić information content (AvgIpc) is 3.40. The van der Waals surface area contributed by atoms with Gasteiger partial charge >= 0.3 is 5.97 Å². The van der Waals surface area contributed by atoms with Crippen molar-refractivity contribution in [3.8, 4) is 5.69 Å². The summed E-state index contributed by atoms with van der Waals surface area (Å²) in [7, 11) is 0. The highest BCUT2D eigenvalue weighted by Gasteiger charge is 2.22. The second-order valence-electron chi connectivity index (χ2n) is 8.13. The minimum absolute atomic E-state index is 0.113. The van der Waals surface area contributed by atoms with Gasteiger partial charge in [0.05, 0.1) is 0 Å². The summed E-state index contributed by atoms with van der Waals surface area (Å²) in [5.41, 5.74) is 5.13. The number of aryl methyl sites for hydroxylation is 3. The predicted molar refractivity (Wildman–Crippen MR) is 136 cm³/mol. The van der Waals surface area contributed by atoms with Gasteiger partial charge in [-0.25, -0.2) is 4.79 Å². The average molecular weight is 534 g/mol. The van der Waals surface area contributed by atoms with E-state index in [1.54, 1.807) is 13.0 Å². The zero-order valence-corrected chi connectivity index (χ0v) is 21.4. The Balaban J connectivity index is 1.56. The van der Waals surface area contributed by atoms with Gasteiger partial charge in [0.2, 0.25) is 5.78 Å². The second-order valence-corrected chi connectivity index (χ2v) is 8.99. The maximum atomic E-state index is 13.1. The van der Waals surface area contributed by atoms with Crippen LogP contribution in [0.15, 0.2) is 59.1 Å². The molecule has 0 unspecified atom stereocenters. The summed E-state index contributed by atoms with van der Waals surface area (Å²) in [6, 6.07) is 17.1. The number of ether oxygens (including phenoxy) is 1. The van der Waals surface area contributed by atoms with Crippen molar-refractivity contribution in [2.24, 2.45) is 0 Å². The molecule has 0 atom stereocenters. The number of hydrogen-bond acceptors (Lipinski definition) is 6. The molecule has 2 heterocycles. The molecule has 0 radical (unpaired) electrons. The van der Waals surface area contributed by atoms with Crippen molar-refractivity contribution >= 4 is 39.5 Å². The number of nitrogens with zero attached hydrogens (tertiary/aromatic N) is 5. The van der Waals surface area contributed by atoms with Crippen molar-refractivity contribution in [3.05, 3.63) is 93.0 Å². The van der Waals surface area contributed by atoms with Crippen molar-refractivity contribution in [3.63, 3.8) is 0 Å². The molecule has 0 amide bonds. The number of halogens is 1. The van der Waals surface area contributed by atoms with Crippen LogP contribution >= 0.6 is 15.9 Å². The number of benzene rings is 2. The number of esters is 1. The van der Waals surface area contributed by atoms with Gasteiger partial charge in [0.1, 0.15) is 0 Å². The van der Waals surface area contributed by atoms with Gasteiger partial charge in [-0.1, -0.05) is 46.3 Å². The van der Waals surface area contributed by atoms with Crippen molar-refractivity contribution in [1.29, 1.82) is 0 Å². The molecule has 0 spiro atoms. The zero-order chi connectivity index (χ0) is 25.1. The molecule has 2 aromatic heterocycles. The first kappa shape index (κ1) is 24.3. The number of hydrogen-bond donors (Lipinski definition) is 0. The van der Waals surface area contributed by atoms with Crippen LogP contribution in [-0.2, 0) is 9.53 Å². The molecule has 0 aliphatic carbocycles. The Morgan fingerprint density at radius 2 is 1.77 bits per heavy atom. The summed E-state index contributed by atoms with van der Waals surface area (Å²) in [6.45, 7) is 7.10. The number of carbonyl (C=O) groups excluding carboxylic acids is 2. The Kier molecular flexibility index (Phi) is 7.07. The van der Waals surface area contributed by atoms with E-state index >= 15 is 0 Å². The molecule has 9 heteroatoms. The van der Waals surface area contributed by atoms with Crippen LogP contribution < -0.4 is 0 Å². The standard InChI is InChI=1S/C26H24BrN5O3/c1-16-12-21(10-11-23(16)27)31-17(2)13-22(18(31)3)25(33)15-35-26(34)24(32-19(4)28-29-30-32)14-20-8-6-5-7-9-20/h5-14H,15H2,1-4H3/b24-14-. The van der Waals surface area contributed by atoms with E-state index in [2.05, 4.69) is 31.5 Å². The third-order valence-electron chi connectivity index (χ3n) is 5.63. The van der Waals surface area contributed by atoms with Crippen LogP contribution in [0, 0.1) is 27.7 Å². The zero-order valence-electron chi connectivity index (χ0n) is 19.8. The van der Waals surface area contributed by atoms with Gasteiger partial charge in [-0.15, -0.1) is 5.10 Å². The van der Waals surface area contributed by atoms with Gasteiger partial charge < -0.3 is 9.30 Å². The predicted octanol–water partition coefficient (Wildman–Crippen LogP) is 4.88. The fourth-order valence-electron chi connectivity index (χ4n) is 3.86. The highest BCUT2D eigenvalue weighted by Crippen LogP contribution is 2.25. The van der Waals surface area contributed by atoms with Gasteiger partial charge in [0, 0.05) is 27.1 Å². The van der Waals surface area contributed by atoms with Gasteiger partial charge in [0.15, 0.2) is 18.1 Å². The first-order valence-corrected chi connectivity index (χ1v) is 11.7. The van der Waals surface area contributed by atoms with Crippen LogP contribution in [0.4, 0.5) is 0 Å². The molecule has 35 heavy (non-hydrogen) atoms. The van der Waals surface area contributed by atoms with Crippen LogP contribution in [0.3, 0.4) is 0 Å². The van der Waals surface area contributed by atoms with E-state index < -0.39 is 12.6 Å². The summed E-state index contributed by atoms with van der Waals surface area (Å²) < 4.78 is 9.75.